The van der Waals surface area contributed by atoms with Gasteiger partial charge in [-0.3, -0.25) is 0 Å². The molecule has 3 heterocycles. The summed E-state index contributed by atoms with van der Waals surface area (Å²) in [6.45, 7) is 1.53. The topological polar surface area (TPSA) is 80.8 Å². The third-order valence-corrected chi connectivity index (χ3v) is 3.09. The average molecular weight is 263 g/mol. The number of anilines is 2. The molecule has 0 amide bonds. The summed E-state index contributed by atoms with van der Waals surface area (Å²) in [5.41, 5.74) is 7.80. The lowest BCUT2D eigenvalue weighted by atomic mass is 10.1. The van der Waals surface area contributed by atoms with Gasteiger partial charge in [0.25, 0.3) is 0 Å². The number of rotatable bonds is 1. The van der Waals surface area contributed by atoms with Crippen LogP contribution in [0, 0.1) is 0 Å². The fourth-order valence-corrected chi connectivity index (χ4v) is 2.21. The minimum atomic E-state index is 0.186. The Hall–Kier alpha value is -1.95. The zero-order valence-corrected chi connectivity index (χ0v) is 10.3. The smallest absolute Gasteiger partial charge is 0.223 e. The molecule has 2 N–H and O–H groups in total. The highest BCUT2D eigenvalue weighted by Crippen LogP contribution is 2.23. The third kappa shape index (κ3) is 2.06. The van der Waals surface area contributed by atoms with Gasteiger partial charge in [0.2, 0.25) is 5.95 Å². The van der Waals surface area contributed by atoms with Crippen LogP contribution in [0.4, 0.5) is 11.8 Å². The van der Waals surface area contributed by atoms with Gasteiger partial charge in [-0.15, -0.1) is 0 Å². The Morgan fingerprint density at radius 2 is 2.22 bits per heavy atom. The molecular formula is C11H11ClN6. The van der Waals surface area contributed by atoms with E-state index in [1.807, 2.05) is 6.20 Å². The normalized spacial score (nSPS) is 14.4. The molecule has 7 heteroatoms. The number of fused-ring (bicyclic) bond motifs is 1. The monoisotopic (exact) mass is 262 g/mol. The van der Waals surface area contributed by atoms with Crippen LogP contribution < -0.4 is 10.6 Å². The highest BCUT2D eigenvalue weighted by molar-refractivity contribution is 6.29. The van der Waals surface area contributed by atoms with Crippen molar-refractivity contribution in [1.29, 1.82) is 0 Å². The second kappa shape index (κ2) is 4.38. The first-order valence-corrected chi connectivity index (χ1v) is 5.93. The minimum absolute atomic E-state index is 0.186. The van der Waals surface area contributed by atoms with Gasteiger partial charge in [-0.05, 0) is 12.0 Å². The Morgan fingerprint density at radius 1 is 1.33 bits per heavy atom. The van der Waals surface area contributed by atoms with E-state index < -0.39 is 0 Å². The number of hydrogen-bond acceptors (Lipinski definition) is 6. The maximum atomic E-state index is 5.89. The van der Waals surface area contributed by atoms with Crippen LogP contribution in [-0.2, 0) is 13.0 Å². The van der Waals surface area contributed by atoms with Crippen LogP contribution in [0.3, 0.4) is 0 Å². The van der Waals surface area contributed by atoms with Crippen molar-refractivity contribution in [2.45, 2.75) is 13.0 Å². The van der Waals surface area contributed by atoms with Crippen molar-refractivity contribution < 1.29 is 0 Å². The molecule has 2 aromatic rings. The lowest BCUT2D eigenvalue weighted by Gasteiger charge is -2.28. The summed E-state index contributed by atoms with van der Waals surface area (Å²) in [5.74, 6) is 0.919. The molecule has 0 aromatic carbocycles. The van der Waals surface area contributed by atoms with Crippen LogP contribution in [0.5, 0.6) is 0 Å². The molecule has 0 radical (unpaired) electrons. The molecule has 0 saturated heterocycles. The van der Waals surface area contributed by atoms with E-state index >= 15 is 0 Å². The molecule has 1 aliphatic rings. The maximum Gasteiger partial charge on any atom is 0.223 e. The van der Waals surface area contributed by atoms with Gasteiger partial charge < -0.3 is 10.6 Å². The van der Waals surface area contributed by atoms with Crippen molar-refractivity contribution in [1.82, 2.24) is 19.9 Å². The van der Waals surface area contributed by atoms with Crippen molar-refractivity contribution in [3.8, 4) is 0 Å². The molecule has 18 heavy (non-hydrogen) atoms. The summed E-state index contributed by atoms with van der Waals surface area (Å²) in [7, 11) is 0. The van der Waals surface area contributed by atoms with Gasteiger partial charge >= 0.3 is 0 Å². The molecule has 0 atom stereocenters. The van der Waals surface area contributed by atoms with E-state index in [0.29, 0.717) is 11.7 Å². The Kier molecular flexibility index (Phi) is 2.71. The van der Waals surface area contributed by atoms with Crippen molar-refractivity contribution in [3.05, 3.63) is 35.0 Å². The predicted molar refractivity (Wildman–Crippen MR) is 68.2 cm³/mol. The quantitative estimate of drug-likeness (QED) is 0.774. The molecule has 2 aromatic heterocycles. The van der Waals surface area contributed by atoms with E-state index in [1.165, 1.54) is 5.56 Å². The molecule has 3 rings (SSSR count). The number of nitrogen functional groups attached to an aromatic ring is 1. The second-order valence-electron chi connectivity index (χ2n) is 4.07. The van der Waals surface area contributed by atoms with Crippen LogP contribution in [0.1, 0.15) is 11.3 Å². The van der Waals surface area contributed by atoms with Gasteiger partial charge in [-0.25, -0.2) is 15.0 Å². The number of nitrogens with zero attached hydrogens (tertiary/aromatic N) is 5. The van der Waals surface area contributed by atoms with E-state index in [9.17, 15) is 0 Å². The van der Waals surface area contributed by atoms with Gasteiger partial charge in [0.05, 0.1) is 12.2 Å². The Labute approximate surface area is 109 Å². The zero-order valence-electron chi connectivity index (χ0n) is 9.54. The molecule has 0 aliphatic carbocycles. The summed E-state index contributed by atoms with van der Waals surface area (Å²) in [6.07, 6.45) is 4.31. The third-order valence-electron chi connectivity index (χ3n) is 2.90. The second-order valence-corrected chi connectivity index (χ2v) is 4.46. The van der Waals surface area contributed by atoms with E-state index in [1.54, 1.807) is 12.4 Å². The minimum Gasteiger partial charge on any atom is -0.368 e. The highest BCUT2D eigenvalue weighted by atomic mass is 35.5. The van der Waals surface area contributed by atoms with Crippen LogP contribution in [-0.4, -0.2) is 26.5 Å². The number of halogens is 1. The zero-order chi connectivity index (χ0) is 12.5. The van der Waals surface area contributed by atoms with E-state index in [2.05, 4.69) is 24.8 Å². The van der Waals surface area contributed by atoms with E-state index in [0.717, 1.165) is 24.5 Å². The molecular weight excluding hydrogens is 252 g/mol. The molecule has 0 fully saturated rings. The summed E-state index contributed by atoms with van der Waals surface area (Å²) in [6, 6.07) is 1.71. The Bertz CT molecular complexity index is 567. The Morgan fingerprint density at radius 3 is 3.06 bits per heavy atom. The van der Waals surface area contributed by atoms with E-state index in [4.69, 9.17) is 17.3 Å². The summed E-state index contributed by atoms with van der Waals surface area (Å²) < 4.78 is 0. The van der Waals surface area contributed by atoms with Crippen LogP contribution >= 0.6 is 11.6 Å². The number of nitrogens with two attached hydrogens (primary N) is 1. The van der Waals surface area contributed by atoms with Crippen molar-refractivity contribution in [2.24, 2.45) is 0 Å². The van der Waals surface area contributed by atoms with Crippen LogP contribution in [0.25, 0.3) is 0 Å². The lowest BCUT2D eigenvalue weighted by molar-refractivity contribution is 0.694. The van der Waals surface area contributed by atoms with Crippen LogP contribution in [0.2, 0.25) is 5.15 Å². The molecule has 0 unspecified atom stereocenters. The predicted octanol–water partition coefficient (Wildman–Crippen LogP) is 1.06. The first-order valence-electron chi connectivity index (χ1n) is 5.55. The molecule has 0 spiro atoms. The highest BCUT2D eigenvalue weighted by Gasteiger charge is 2.19. The van der Waals surface area contributed by atoms with Gasteiger partial charge in [-0.1, -0.05) is 11.6 Å². The summed E-state index contributed by atoms with van der Waals surface area (Å²) >= 11 is 5.89. The average Bonchev–Trinajstić information content (AvgIpc) is 2.37. The molecule has 0 bridgehead atoms. The van der Waals surface area contributed by atoms with Gasteiger partial charge in [0.1, 0.15) is 17.3 Å². The number of aromatic nitrogens is 4. The van der Waals surface area contributed by atoms with Crippen LogP contribution in [0.15, 0.2) is 18.6 Å². The molecule has 6 nitrogen and oxygen atoms in total. The van der Waals surface area contributed by atoms with Crippen molar-refractivity contribution in [2.75, 3.05) is 17.2 Å². The standard InChI is InChI=1S/C11H11ClN6/c12-9-3-10(17-11(13)16-9)18-2-1-7-4-14-6-15-8(7)5-18/h3-4,6H,1-2,5H2,(H2,13,16,17). The van der Waals surface area contributed by atoms with E-state index in [-0.39, 0.29) is 5.95 Å². The first-order chi connectivity index (χ1) is 8.72. The van der Waals surface area contributed by atoms with Gasteiger partial charge in [0, 0.05) is 18.8 Å². The maximum absolute atomic E-state index is 5.89. The Balaban J connectivity index is 1.91. The molecule has 92 valence electrons. The SMILES string of the molecule is Nc1nc(Cl)cc(N2CCc3cncnc3C2)n1. The first kappa shape index (κ1) is 11.2. The fourth-order valence-electron chi connectivity index (χ4n) is 2.03. The van der Waals surface area contributed by atoms with Gasteiger partial charge in [-0.2, -0.15) is 4.98 Å². The van der Waals surface area contributed by atoms with Gasteiger partial charge in [0.15, 0.2) is 0 Å². The van der Waals surface area contributed by atoms with Crippen molar-refractivity contribution >= 4 is 23.4 Å². The summed E-state index contributed by atoms with van der Waals surface area (Å²) in [4.78, 5) is 18.4. The number of hydrogen-bond donors (Lipinski definition) is 1. The molecule has 1 aliphatic heterocycles. The fraction of sp³-hybridized carbons (Fsp3) is 0.273. The molecule has 0 saturated carbocycles. The van der Waals surface area contributed by atoms with Crippen molar-refractivity contribution in [3.63, 3.8) is 0 Å². The summed E-state index contributed by atoms with van der Waals surface area (Å²) in [5, 5.41) is 0.353. The lowest BCUT2D eigenvalue weighted by Crippen LogP contribution is -2.32. The largest absolute Gasteiger partial charge is 0.368 e.